The minimum absolute atomic E-state index is 0.356. The summed E-state index contributed by atoms with van der Waals surface area (Å²) in [6.45, 7) is 5.64. The maximum absolute atomic E-state index is 5.84. The SMILES string of the molecule is CNCC(C)(C)CCc1ccc(Cl)cc1. The molecule has 0 spiro atoms. The van der Waals surface area contributed by atoms with Gasteiger partial charge in [0.2, 0.25) is 0 Å². The summed E-state index contributed by atoms with van der Waals surface area (Å²) in [6, 6.07) is 8.14. The van der Waals surface area contributed by atoms with Crippen molar-refractivity contribution in [3.05, 3.63) is 34.9 Å². The maximum atomic E-state index is 5.84. The Morgan fingerprint density at radius 3 is 2.33 bits per heavy atom. The van der Waals surface area contributed by atoms with Gasteiger partial charge in [0.25, 0.3) is 0 Å². The van der Waals surface area contributed by atoms with Gasteiger partial charge in [-0.3, -0.25) is 0 Å². The van der Waals surface area contributed by atoms with Gasteiger partial charge in [-0.25, -0.2) is 0 Å². The monoisotopic (exact) mass is 225 g/mol. The van der Waals surface area contributed by atoms with Gasteiger partial charge in [-0.05, 0) is 49.5 Å². The highest BCUT2D eigenvalue weighted by molar-refractivity contribution is 6.30. The second-order valence-electron chi connectivity index (χ2n) is 4.82. The summed E-state index contributed by atoms with van der Waals surface area (Å²) in [5.41, 5.74) is 1.72. The van der Waals surface area contributed by atoms with Crippen molar-refractivity contribution in [3.63, 3.8) is 0 Å². The molecule has 0 saturated carbocycles. The van der Waals surface area contributed by atoms with Crippen LogP contribution in [0.5, 0.6) is 0 Å². The lowest BCUT2D eigenvalue weighted by Gasteiger charge is -2.24. The zero-order chi connectivity index (χ0) is 11.3. The molecule has 0 aliphatic rings. The predicted molar refractivity (Wildman–Crippen MR) is 67.5 cm³/mol. The molecule has 0 aliphatic carbocycles. The van der Waals surface area contributed by atoms with Gasteiger partial charge in [0, 0.05) is 5.02 Å². The molecule has 1 nitrogen and oxygen atoms in total. The van der Waals surface area contributed by atoms with Crippen LogP contribution in [0.25, 0.3) is 0 Å². The van der Waals surface area contributed by atoms with Crippen molar-refractivity contribution in [2.75, 3.05) is 13.6 Å². The molecule has 1 aromatic carbocycles. The molecule has 0 atom stereocenters. The Morgan fingerprint density at radius 2 is 1.80 bits per heavy atom. The maximum Gasteiger partial charge on any atom is 0.0406 e. The summed E-state index contributed by atoms with van der Waals surface area (Å²) in [6.07, 6.45) is 2.31. The number of nitrogens with one attached hydrogen (secondary N) is 1. The molecule has 0 saturated heterocycles. The van der Waals surface area contributed by atoms with Crippen molar-refractivity contribution in [2.24, 2.45) is 5.41 Å². The quantitative estimate of drug-likeness (QED) is 0.809. The summed E-state index contributed by atoms with van der Waals surface area (Å²) in [5, 5.41) is 4.05. The fourth-order valence-electron chi connectivity index (χ4n) is 1.70. The van der Waals surface area contributed by atoms with Crippen LogP contribution in [0.1, 0.15) is 25.8 Å². The topological polar surface area (TPSA) is 12.0 Å². The Hall–Kier alpha value is -0.530. The van der Waals surface area contributed by atoms with E-state index in [1.807, 2.05) is 19.2 Å². The van der Waals surface area contributed by atoms with Crippen LogP contribution in [-0.2, 0) is 6.42 Å². The lowest BCUT2D eigenvalue weighted by molar-refractivity contribution is 0.324. The fourth-order valence-corrected chi connectivity index (χ4v) is 1.83. The molecule has 0 fully saturated rings. The van der Waals surface area contributed by atoms with Gasteiger partial charge in [0.15, 0.2) is 0 Å². The molecule has 0 aromatic heterocycles. The first-order chi connectivity index (χ1) is 7.03. The molecule has 0 heterocycles. The van der Waals surface area contributed by atoms with E-state index in [0.29, 0.717) is 5.41 Å². The Kier molecular flexibility index (Phi) is 4.62. The summed E-state index contributed by atoms with van der Waals surface area (Å²) < 4.78 is 0. The van der Waals surface area contributed by atoms with Crippen LogP contribution in [0, 0.1) is 5.41 Å². The average Bonchev–Trinajstić information content (AvgIpc) is 2.17. The summed E-state index contributed by atoms with van der Waals surface area (Å²) in [5.74, 6) is 0. The zero-order valence-corrected chi connectivity index (χ0v) is 10.6. The van der Waals surface area contributed by atoms with Crippen LogP contribution in [0.4, 0.5) is 0 Å². The predicted octanol–water partition coefficient (Wildman–Crippen LogP) is 3.52. The van der Waals surface area contributed by atoms with Crippen molar-refractivity contribution in [2.45, 2.75) is 26.7 Å². The first kappa shape index (κ1) is 12.5. The van der Waals surface area contributed by atoms with E-state index in [9.17, 15) is 0 Å². The normalized spacial score (nSPS) is 11.7. The van der Waals surface area contributed by atoms with Crippen LogP contribution in [0.15, 0.2) is 24.3 Å². The van der Waals surface area contributed by atoms with E-state index in [-0.39, 0.29) is 0 Å². The van der Waals surface area contributed by atoms with Gasteiger partial charge in [-0.1, -0.05) is 37.6 Å². The minimum atomic E-state index is 0.356. The van der Waals surface area contributed by atoms with E-state index < -0.39 is 0 Å². The van der Waals surface area contributed by atoms with Gasteiger partial charge < -0.3 is 5.32 Å². The van der Waals surface area contributed by atoms with E-state index in [4.69, 9.17) is 11.6 Å². The average molecular weight is 226 g/mol. The van der Waals surface area contributed by atoms with Gasteiger partial charge in [0.1, 0.15) is 0 Å². The number of hydrogen-bond donors (Lipinski definition) is 1. The van der Waals surface area contributed by atoms with Gasteiger partial charge in [0.05, 0.1) is 0 Å². The van der Waals surface area contributed by atoms with Crippen molar-refractivity contribution < 1.29 is 0 Å². The molecule has 1 N–H and O–H groups in total. The Bertz CT molecular complexity index is 290. The van der Waals surface area contributed by atoms with E-state index in [0.717, 1.165) is 18.0 Å². The molecule has 1 rings (SSSR count). The standard InChI is InChI=1S/C13H20ClN/c1-13(2,10-15-3)9-8-11-4-6-12(14)7-5-11/h4-7,15H,8-10H2,1-3H3. The second kappa shape index (κ2) is 5.53. The summed E-state index contributed by atoms with van der Waals surface area (Å²) >= 11 is 5.84. The van der Waals surface area contributed by atoms with Gasteiger partial charge >= 0.3 is 0 Å². The Balaban J connectivity index is 2.46. The Labute approximate surface area is 97.8 Å². The van der Waals surface area contributed by atoms with E-state index in [2.05, 4.69) is 31.3 Å². The molecule has 84 valence electrons. The summed E-state index contributed by atoms with van der Waals surface area (Å²) in [7, 11) is 2.00. The fraction of sp³-hybridized carbons (Fsp3) is 0.538. The lowest BCUT2D eigenvalue weighted by atomic mass is 9.86. The third-order valence-corrected chi connectivity index (χ3v) is 2.91. The molecular weight excluding hydrogens is 206 g/mol. The van der Waals surface area contributed by atoms with Crippen LogP contribution < -0.4 is 5.32 Å². The molecule has 15 heavy (non-hydrogen) atoms. The van der Waals surface area contributed by atoms with E-state index in [1.54, 1.807) is 0 Å². The van der Waals surface area contributed by atoms with Gasteiger partial charge in [-0.15, -0.1) is 0 Å². The molecular formula is C13H20ClN. The molecule has 0 bridgehead atoms. The zero-order valence-electron chi connectivity index (χ0n) is 9.81. The lowest BCUT2D eigenvalue weighted by Crippen LogP contribution is -2.27. The first-order valence-corrected chi connectivity index (χ1v) is 5.80. The number of benzene rings is 1. The number of halogens is 1. The molecule has 0 amide bonds. The molecule has 1 aromatic rings. The number of hydrogen-bond acceptors (Lipinski definition) is 1. The number of rotatable bonds is 5. The highest BCUT2D eigenvalue weighted by Gasteiger charge is 2.16. The third-order valence-electron chi connectivity index (χ3n) is 2.66. The molecule has 2 heteroatoms. The minimum Gasteiger partial charge on any atom is -0.319 e. The first-order valence-electron chi connectivity index (χ1n) is 5.42. The van der Waals surface area contributed by atoms with Crippen LogP contribution >= 0.6 is 11.6 Å². The molecule has 0 aliphatic heterocycles. The molecule has 0 unspecified atom stereocenters. The molecule has 0 radical (unpaired) electrons. The van der Waals surface area contributed by atoms with Crippen LogP contribution in [-0.4, -0.2) is 13.6 Å². The summed E-state index contributed by atoms with van der Waals surface area (Å²) in [4.78, 5) is 0. The third kappa shape index (κ3) is 4.67. The van der Waals surface area contributed by atoms with Crippen molar-refractivity contribution in [3.8, 4) is 0 Å². The second-order valence-corrected chi connectivity index (χ2v) is 5.26. The van der Waals surface area contributed by atoms with Crippen LogP contribution in [0.3, 0.4) is 0 Å². The van der Waals surface area contributed by atoms with E-state index in [1.165, 1.54) is 12.0 Å². The highest BCUT2D eigenvalue weighted by atomic mass is 35.5. The van der Waals surface area contributed by atoms with Crippen molar-refractivity contribution >= 4 is 11.6 Å². The Morgan fingerprint density at radius 1 is 1.20 bits per heavy atom. The van der Waals surface area contributed by atoms with Crippen LogP contribution in [0.2, 0.25) is 5.02 Å². The smallest absolute Gasteiger partial charge is 0.0406 e. The van der Waals surface area contributed by atoms with Crippen molar-refractivity contribution in [1.29, 1.82) is 0 Å². The van der Waals surface area contributed by atoms with E-state index >= 15 is 0 Å². The van der Waals surface area contributed by atoms with Crippen molar-refractivity contribution in [1.82, 2.24) is 5.32 Å². The number of aryl methyl sites for hydroxylation is 1. The van der Waals surface area contributed by atoms with Gasteiger partial charge in [-0.2, -0.15) is 0 Å². The largest absolute Gasteiger partial charge is 0.319 e. The highest BCUT2D eigenvalue weighted by Crippen LogP contribution is 2.22.